The van der Waals surface area contributed by atoms with Crippen LogP contribution in [0.5, 0.6) is 0 Å². The summed E-state index contributed by atoms with van der Waals surface area (Å²) in [5, 5.41) is 7.34. The van der Waals surface area contributed by atoms with Gasteiger partial charge < -0.3 is 10.1 Å². The van der Waals surface area contributed by atoms with Crippen LogP contribution in [-0.2, 0) is 14.3 Å². The average molecular weight is 408 g/mol. The van der Waals surface area contributed by atoms with Crippen LogP contribution in [0.15, 0.2) is 30.3 Å². The van der Waals surface area contributed by atoms with Crippen LogP contribution in [0.25, 0.3) is 11.8 Å². The minimum atomic E-state index is -0.664. The van der Waals surface area contributed by atoms with Gasteiger partial charge in [-0.2, -0.15) is 5.10 Å². The monoisotopic (exact) mass is 407 g/mol. The summed E-state index contributed by atoms with van der Waals surface area (Å²) in [7, 11) is 0. The van der Waals surface area contributed by atoms with Crippen LogP contribution in [0.4, 0.5) is 4.39 Å². The Bertz CT molecular complexity index is 862. The van der Waals surface area contributed by atoms with Crippen LogP contribution < -0.4 is 5.32 Å². The van der Waals surface area contributed by atoms with E-state index >= 15 is 0 Å². The second kappa shape index (κ2) is 10.0. The van der Waals surface area contributed by atoms with Gasteiger partial charge in [0, 0.05) is 17.7 Å². The molecule has 0 bridgehead atoms. The van der Waals surface area contributed by atoms with E-state index in [0.717, 1.165) is 12.8 Å². The average Bonchev–Trinajstić information content (AvgIpc) is 2.93. The van der Waals surface area contributed by atoms with Crippen LogP contribution in [-0.4, -0.2) is 34.3 Å². The number of esters is 1. The van der Waals surface area contributed by atoms with Crippen LogP contribution in [0, 0.1) is 12.7 Å². The molecule has 0 saturated carbocycles. The Hall–Kier alpha value is -2.67. The highest BCUT2D eigenvalue weighted by atomic mass is 35.5. The van der Waals surface area contributed by atoms with E-state index < -0.39 is 5.97 Å². The van der Waals surface area contributed by atoms with Crippen LogP contribution >= 0.6 is 11.6 Å². The van der Waals surface area contributed by atoms with Gasteiger partial charge in [-0.05, 0) is 50.6 Å². The van der Waals surface area contributed by atoms with Gasteiger partial charge in [-0.15, -0.1) is 0 Å². The second-order valence-corrected chi connectivity index (χ2v) is 6.73. The standard InChI is InChI=1S/C20H23ClFN3O3/c1-4-5-13(2)23-18(26)12-28-19(27)11-10-17-14(3)24-25(20(17)21)16-8-6-15(22)7-9-16/h6-11,13H,4-5,12H2,1-3H3,(H,23,26)/b11-10+. The SMILES string of the molecule is CCCC(C)NC(=O)COC(=O)/C=C/c1c(C)nn(-c2ccc(F)cc2)c1Cl. The molecule has 0 aliphatic heterocycles. The van der Waals surface area contributed by atoms with Gasteiger partial charge >= 0.3 is 5.97 Å². The summed E-state index contributed by atoms with van der Waals surface area (Å²) >= 11 is 6.34. The van der Waals surface area contributed by atoms with Crippen molar-refractivity contribution in [2.24, 2.45) is 0 Å². The molecule has 1 unspecified atom stereocenters. The lowest BCUT2D eigenvalue weighted by atomic mass is 10.2. The molecule has 1 heterocycles. The van der Waals surface area contributed by atoms with E-state index in [0.29, 0.717) is 16.9 Å². The predicted octanol–water partition coefficient (Wildman–Crippen LogP) is 3.83. The molecule has 0 aliphatic rings. The zero-order valence-electron chi connectivity index (χ0n) is 16.0. The molecule has 8 heteroatoms. The summed E-state index contributed by atoms with van der Waals surface area (Å²) in [6, 6.07) is 5.75. The maximum absolute atomic E-state index is 13.1. The second-order valence-electron chi connectivity index (χ2n) is 6.38. The van der Waals surface area contributed by atoms with Crippen molar-refractivity contribution in [2.75, 3.05) is 6.61 Å². The fourth-order valence-electron chi connectivity index (χ4n) is 2.61. The Morgan fingerprint density at radius 1 is 1.36 bits per heavy atom. The Morgan fingerprint density at radius 2 is 2.04 bits per heavy atom. The van der Waals surface area contributed by atoms with E-state index in [9.17, 15) is 14.0 Å². The van der Waals surface area contributed by atoms with E-state index in [1.807, 2.05) is 13.8 Å². The van der Waals surface area contributed by atoms with E-state index in [1.165, 1.54) is 29.0 Å². The molecule has 0 radical (unpaired) electrons. The molecule has 1 atom stereocenters. The van der Waals surface area contributed by atoms with E-state index in [2.05, 4.69) is 10.4 Å². The number of nitrogens with zero attached hydrogens (tertiary/aromatic N) is 2. The maximum atomic E-state index is 13.1. The zero-order chi connectivity index (χ0) is 20.7. The van der Waals surface area contributed by atoms with E-state index in [-0.39, 0.29) is 29.5 Å². The Labute approximate surface area is 168 Å². The van der Waals surface area contributed by atoms with Crippen molar-refractivity contribution < 1.29 is 18.7 Å². The van der Waals surface area contributed by atoms with E-state index in [1.54, 1.807) is 19.1 Å². The number of carbonyl (C=O) groups is 2. The van der Waals surface area contributed by atoms with Gasteiger partial charge in [-0.3, -0.25) is 4.79 Å². The fourth-order valence-corrected chi connectivity index (χ4v) is 2.95. The molecule has 2 rings (SSSR count). The van der Waals surface area contributed by atoms with Crippen molar-refractivity contribution in [1.29, 1.82) is 0 Å². The summed E-state index contributed by atoms with van der Waals surface area (Å²) in [5.41, 5.74) is 1.71. The molecule has 1 aromatic carbocycles. The highest BCUT2D eigenvalue weighted by Crippen LogP contribution is 2.24. The lowest BCUT2D eigenvalue weighted by Crippen LogP contribution is -2.35. The molecule has 28 heavy (non-hydrogen) atoms. The normalized spacial score (nSPS) is 12.2. The van der Waals surface area contributed by atoms with Crippen molar-refractivity contribution in [2.45, 2.75) is 39.7 Å². The lowest BCUT2D eigenvalue weighted by Gasteiger charge is -2.12. The number of amides is 1. The minimum Gasteiger partial charge on any atom is -0.452 e. The molecule has 0 aliphatic carbocycles. The largest absolute Gasteiger partial charge is 0.452 e. The zero-order valence-corrected chi connectivity index (χ0v) is 16.8. The Balaban J connectivity index is 1.99. The first-order valence-electron chi connectivity index (χ1n) is 8.97. The van der Waals surface area contributed by atoms with Gasteiger partial charge in [-0.1, -0.05) is 24.9 Å². The number of hydrogen-bond donors (Lipinski definition) is 1. The predicted molar refractivity (Wildman–Crippen MR) is 106 cm³/mol. The van der Waals surface area contributed by atoms with Crippen molar-refractivity contribution in [1.82, 2.24) is 15.1 Å². The molecule has 1 N–H and O–H groups in total. The smallest absolute Gasteiger partial charge is 0.331 e. The fraction of sp³-hybridized carbons (Fsp3) is 0.350. The third-order valence-electron chi connectivity index (χ3n) is 3.98. The van der Waals surface area contributed by atoms with Gasteiger partial charge in [0.2, 0.25) is 0 Å². The molecule has 1 aromatic heterocycles. The summed E-state index contributed by atoms with van der Waals surface area (Å²) < 4.78 is 19.5. The molecule has 6 nitrogen and oxygen atoms in total. The van der Waals surface area contributed by atoms with Gasteiger partial charge in [-0.25, -0.2) is 13.9 Å². The number of carbonyl (C=O) groups excluding carboxylic acids is 2. The molecule has 0 saturated heterocycles. The van der Waals surface area contributed by atoms with Crippen LogP contribution in [0.2, 0.25) is 5.15 Å². The molecule has 1 amide bonds. The molecule has 0 fully saturated rings. The highest BCUT2D eigenvalue weighted by Gasteiger charge is 2.14. The maximum Gasteiger partial charge on any atom is 0.331 e. The summed E-state index contributed by atoms with van der Waals surface area (Å²) in [5.74, 6) is -1.37. The van der Waals surface area contributed by atoms with Crippen LogP contribution in [0.1, 0.15) is 37.9 Å². The first kappa shape index (κ1) is 21.6. The summed E-state index contributed by atoms with van der Waals surface area (Å²) in [4.78, 5) is 23.6. The number of benzene rings is 1. The van der Waals surface area contributed by atoms with Gasteiger partial charge in [0.25, 0.3) is 5.91 Å². The molecule has 2 aromatic rings. The number of ether oxygens (including phenoxy) is 1. The Morgan fingerprint density at radius 3 is 2.68 bits per heavy atom. The van der Waals surface area contributed by atoms with Gasteiger partial charge in [0.05, 0.1) is 11.4 Å². The third kappa shape index (κ3) is 5.92. The number of aromatic nitrogens is 2. The third-order valence-corrected chi connectivity index (χ3v) is 4.34. The topological polar surface area (TPSA) is 73.2 Å². The Kier molecular flexibility index (Phi) is 7.75. The van der Waals surface area contributed by atoms with Crippen LogP contribution in [0.3, 0.4) is 0 Å². The van der Waals surface area contributed by atoms with E-state index in [4.69, 9.17) is 16.3 Å². The first-order chi connectivity index (χ1) is 13.3. The molecular weight excluding hydrogens is 385 g/mol. The molecular formula is C20H23ClFN3O3. The molecule has 0 spiro atoms. The minimum absolute atomic E-state index is 0.0329. The highest BCUT2D eigenvalue weighted by molar-refractivity contribution is 6.31. The number of nitrogens with one attached hydrogen (secondary N) is 1. The molecule has 150 valence electrons. The summed E-state index contributed by atoms with van der Waals surface area (Å²) in [6.07, 6.45) is 4.48. The summed E-state index contributed by atoms with van der Waals surface area (Å²) in [6.45, 7) is 5.31. The van der Waals surface area contributed by atoms with Gasteiger partial charge in [0.1, 0.15) is 11.0 Å². The van der Waals surface area contributed by atoms with Gasteiger partial charge in [0.15, 0.2) is 6.61 Å². The number of halogens is 2. The van der Waals surface area contributed by atoms with Crippen molar-refractivity contribution in [3.8, 4) is 5.69 Å². The number of hydrogen-bond acceptors (Lipinski definition) is 4. The number of rotatable bonds is 8. The van der Waals surface area contributed by atoms with Crippen molar-refractivity contribution >= 4 is 29.6 Å². The van der Waals surface area contributed by atoms with Crippen molar-refractivity contribution in [3.05, 3.63) is 52.6 Å². The first-order valence-corrected chi connectivity index (χ1v) is 9.34. The quantitative estimate of drug-likeness (QED) is 0.533. The van der Waals surface area contributed by atoms with Crippen molar-refractivity contribution in [3.63, 3.8) is 0 Å². The lowest BCUT2D eigenvalue weighted by molar-refractivity contribution is -0.144. The number of aryl methyl sites for hydroxylation is 1.